The Morgan fingerprint density at radius 3 is 2.90 bits per heavy atom. The summed E-state index contributed by atoms with van der Waals surface area (Å²) in [6.07, 6.45) is 10.4. The number of carboxylic acid groups (broad SMARTS) is 1. The molecule has 20 heavy (non-hydrogen) atoms. The maximum Gasteiger partial charge on any atom is 0.347 e. The van der Waals surface area contributed by atoms with Crippen LogP contribution in [0, 0.1) is 12.8 Å². The van der Waals surface area contributed by atoms with Gasteiger partial charge in [0.15, 0.2) is 4.96 Å². The number of thiazole rings is 1. The lowest BCUT2D eigenvalue weighted by Gasteiger charge is -2.21. The van der Waals surface area contributed by atoms with Gasteiger partial charge in [-0.2, -0.15) is 0 Å². The van der Waals surface area contributed by atoms with Gasteiger partial charge in [-0.1, -0.05) is 43.4 Å². The number of hydrogen-bond donors (Lipinski definition) is 1. The average Bonchev–Trinajstić information content (AvgIpc) is 2.98. The molecule has 108 valence electrons. The van der Waals surface area contributed by atoms with E-state index in [0.29, 0.717) is 4.88 Å². The van der Waals surface area contributed by atoms with Crippen molar-refractivity contribution in [3.63, 3.8) is 0 Å². The van der Waals surface area contributed by atoms with E-state index in [-0.39, 0.29) is 0 Å². The topological polar surface area (TPSA) is 54.6 Å². The second-order valence-corrected chi connectivity index (χ2v) is 6.72. The van der Waals surface area contributed by atoms with Crippen LogP contribution in [0.3, 0.4) is 0 Å². The van der Waals surface area contributed by atoms with Crippen molar-refractivity contribution in [1.29, 1.82) is 0 Å². The summed E-state index contributed by atoms with van der Waals surface area (Å²) in [6, 6.07) is 0. The van der Waals surface area contributed by atoms with Crippen molar-refractivity contribution in [2.45, 2.75) is 51.9 Å². The number of aromatic nitrogens is 2. The van der Waals surface area contributed by atoms with Gasteiger partial charge in [0.2, 0.25) is 0 Å². The summed E-state index contributed by atoms with van der Waals surface area (Å²) in [7, 11) is 0. The van der Waals surface area contributed by atoms with E-state index >= 15 is 0 Å². The molecule has 2 aromatic rings. The van der Waals surface area contributed by atoms with Gasteiger partial charge in [-0.3, -0.25) is 4.40 Å². The molecule has 0 saturated heterocycles. The van der Waals surface area contributed by atoms with Crippen LogP contribution >= 0.6 is 11.3 Å². The Bertz CT molecular complexity index is 623. The van der Waals surface area contributed by atoms with Crippen LogP contribution in [0.4, 0.5) is 0 Å². The number of fused-ring (bicyclic) bond motifs is 1. The van der Waals surface area contributed by atoms with E-state index in [1.165, 1.54) is 43.4 Å². The number of carboxylic acids is 1. The number of aryl methyl sites for hydroxylation is 2. The number of imidazole rings is 1. The fourth-order valence-corrected chi connectivity index (χ4v) is 4.31. The molecule has 0 spiro atoms. The van der Waals surface area contributed by atoms with E-state index in [1.807, 2.05) is 17.5 Å². The standard InChI is InChI=1S/C15H20N2O2S/c1-10-9-16-15-17(10)12(13(20-15)14(18)19)8-7-11-5-3-2-4-6-11/h9,11H,2-8H2,1H3,(H,18,19). The van der Waals surface area contributed by atoms with Gasteiger partial charge in [0.25, 0.3) is 0 Å². The zero-order chi connectivity index (χ0) is 14.1. The maximum atomic E-state index is 11.4. The Hall–Kier alpha value is -1.36. The van der Waals surface area contributed by atoms with E-state index in [4.69, 9.17) is 0 Å². The number of hydrogen-bond acceptors (Lipinski definition) is 3. The predicted molar refractivity (Wildman–Crippen MR) is 79.7 cm³/mol. The lowest BCUT2D eigenvalue weighted by atomic mass is 9.86. The molecule has 1 N–H and O–H groups in total. The van der Waals surface area contributed by atoms with Gasteiger partial charge in [-0.05, 0) is 25.7 Å². The van der Waals surface area contributed by atoms with E-state index in [1.54, 1.807) is 0 Å². The second-order valence-electron chi connectivity index (χ2n) is 5.74. The zero-order valence-corrected chi connectivity index (χ0v) is 12.6. The fourth-order valence-electron chi connectivity index (χ4n) is 3.28. The third-order valence-corrected chi connectivity index (χ3v) is 5.42. The smallest absolute Gasteiger partial charge is 0.347 e. The summed E-state index contributed by atoms with van der Waals surface area (Å²) in [5.41, 5.74) is 1.97. The van der Waals surface area contributed by atoms with Gasteiger partial charge < -0.3 is 5.11 Å². The Balaban J connectivity index is 1.86. The molecule has 0 aliphatic heterocycles. The van der Waals surface area contributed by atoms with Crippen LogP contribution in [0.1, 0.15) is 59.6 Å². The minimum Gasteiger partial charge on any atom is -0.477 e. The van der Waals surface area contributed by atoms with Crippen molar-refractivity contribution in [2.24, 2.45) is 5.92 Å². The van der Waals surface area contributed by atoms with Gasteiger partial charge in [-0.25, -0.2) is 9.78 Å². The molecule has 0 aromatic carbocycles. The van der Waals surface area contributed by atoms with Gasteiger partial charge in [0.1, 0.15) is 4.88 Å². The highest BCUT2D eigenvalue weighted by Crippen LogP contribution is 2.30. The molecule has 1 fully saturated rings. The molecule has 1 saturated carbocycles. The fraction of sp³-hybridized carbons (Fsp3) is 0.600. The van der Waals surface area contributed by atoms with Crippen molar-refractivity contribution < 1.29 is 9.90 Å². The average molecular weight is 292 g/mol. The van der Waals surface area contributed by atoms with Crippen LogP contribution in [-0.4, -0.2) is 20.5 Å². The highest BCUT2D eigenvalue weighted by atomic mass is 32.1. The van der Waals surface area contributed by atoms with Crippen molar-refractivity contribution >= 4 is 22.3 Å². The largest absolute Gasteiger partial charge is 0.477 e. The number of nitrogens with zero attached hydrogens (tertiary/aromatic N) is 2. The summed E-state index contributed by atoms with van der Waals surface area (Å²) >= 11 is 1.29. The Morgan fingerprint density at radius 2 is 2.20 bits per heavy atom. The molecule has 1 aliphatic carbocycles. The summed E-state index contributed by atoms with van der Waals surface area (Å²) in [5.74, 6) is -0.0530. The van der Waals surface area contributed by atoms with Gasteiger partial charge in [0.05, 0.1) is 0 Å². The van der Waals surface area contributed by atoms with Crippen molar-refractivity contribution in [1.82, 2.24) is 9.38 Å². The molecular weight excluding hydrogens is 272 g/mol. The second kappa shape index (κ2) is 5.56. The van der Waals surface area contributed by atoms with Crippen LogP contribution in [0.15, 0.2) is 6.20 Å². The molecule has 3 rings (SSSR count). The molecular formula is C15H20N2O2S. The summed E-state index contributed by atoms with van der Waals surface area (Å²) in [4.78, 5) is 17.0. The molecule has 0 amide bonds. The molecule has 0 atom stereocenters. The highest BCUT2D eigenvalue weighted by Gasteiger charge is 2.21. The zero-order valence-electron chi connectivity index (χ0n) is 11.8. The Labute approximate surface area is 122 Å². The molecule has 2 aromatic heterocycles. The lowest BCUT2D eigenvalue weighted by Crippen LogP contribution is -2.10. The monoisotopic (exact) mass is 292 g/mol. The molecule has 0 radical (unpaired) electrons. The number of rotatable bonds is 4. The number of aromatic carboxylic acids is 1. The van der Waals surface area contributed by atoms with E-state index < -0.39 is 5.97 Å². The molecule has 5 heteroatoms. The molecule has 2 heterocycles. The Morgan fingerprint density at radius 1 is 1.45 bits per heavy atom. The maximum absolute atomic E-state index is 11.4. The van der Waals surface area contributed by atoms with Gasteiger partial charge in [-0.15, -0.1) is 0 Å². The van der Waals surface area contributed by atoms with Crippen molar-refractivity contribution in [3.8, 4) is 0 Å². The molecule has 0 unspecified atom stereocenters. The molecule has 0 bridgehead atoms. The first-order valence-corrected chi connectivity index (χ1v) is 8.17. The van der Waals surface area contributed by atoms with Crippen LogP contribution in [0.5, 0.6) is 0 Å². The summed E-state index contributed by atoms with van der Waals surface area (Å²) in [5, 5.41) is 9.38. The third kappa shape index (κ3) is 2.46. The summed E-state index contributed by atoms with van der Waals surface area (Å²) in [6.45, 7) is 1.99. The first-order chi connectivity index (χ1) is 9.66. The Kier molecular flexibility index (Phi) is 3.78. The first kappa shape index (κ1) is 13.6. The van der Waals surface area contributed by atoms with E-state index in [2.05, 4.69) is 4.98 Å². The van der Waals surface area contributed by atoms with Crippen LogP contribution in [0.25, 0.3) is 4.96 Å². The number of carbonyl (C=O) groups is 1. The quantitative estimate of drug-likeness (QED) is 0.929. The van der Waals surface area contributed by atoms with E-state index in [9.17, 15) is 9.90 Å². The van der Waals surface area contributed by atoms with Crippen LogP contribution in [0.2, 0.25) is 0 Å². The molecule has 1 aliphatic rings. The SMILES string of the molecule is Cc1cnc2sc(C(=O)O)c(CCC3CCCCC3)n12. The van der Waals surface area contributed by atoms with Crippen molar-refractivity contribution in [3.05, 3.63) is 22.5 Å². The van der Waals surface area contributed by atoms with Crippen LogP contribution < -0.4 is 0 Å². The third-order valence-electron chi connectivity index (χ3n) is 4.34. The van der Waals surface area contributed by atoms with Crippen molar-refractivity contribution in [2.75, 3.05) is 0 Å². The van der Waals surface area contributed by atoms with Crippen LogP contribution in [-0.2, 0) is 6.42 Å². The first-order valence-electron chi connectivity index (χ1n) is 7.36. The minimum atomic E-state index is -0.821. The normalized spacial score (nSPS) is 16.9. The molecule has 4 nitrogen and oxygen atoms in total. The van der Waals surface area contributed by atoms with E-state index in [0.717, 1.165) is 35.1 Å². The van der Waals surface area contributed by atoms with Gasteiger partial charge in [0, 0.05) is 17.6 Å². The lowest BCUT2D eigenvalue weighted by molar-refractivity contribution is 0.0700. The highest BCUT2D eigenvalue weighted by molar-refractivity contribution is 7.19. The summed E-state index contributed by atoms with van der Waals surface area (Å²) < 4.78 is 2.02. The van der Waals surface area contributed by atoms with Gasteiger partial charge >= 0.3 is 5.97 Å². The minimum absolute atomic E-state index is 0.465. The predicted octanol–water partition coefficient (Wildman–Crippen LogP) is 3.92.